The van der Waals surface area contributed by atoms with Crippen LogP contribution in [0.15, 0.2) is 66.7 Å². The molecule has 8 nitrogen and oxygen atoms in total. The average Bonchev–Trinajstić information content (AvgIpc) is 3.00. The third kappa shape index (κ3) is 9.64. The molecular formula is C34H42FN3O5. The highest BCUT2D eigenvalue weighted by atomic mass is 19.1. The number of nitrogens with one attached hydrogen (secondary N) is 1. The zero-order chi connectivity index (χ0) is 31.6. The van der Waals surface area contributed by atoms with Crippen LogP contribution in [0, 0.1) is 5.82 Å². The molecule has 0 spiro atoms. The van der Waals surface area contributed by atoms with E-state index in [1.54, 1.807) is 35.2 Å². The van der Waals surface area contributed by atoms with Crippen molar-refractivity contribution in [2.75, 3.05) is 33.3 Å². The summed E-state index contributed by atoms with van der Waals surface area (Å²) < 4.78 is 25.1. The molecule has 0 saturated carbocycles. The first-order chi connectivity index (χ1) is 20.5. The molecule has 1 heterocycles. The Morgan fingerprint density at radius 3 is 2.21 bits per heavy atom. The molecule has 0 aromatic heterocycles. The standard InChI is InChI=1S/C32H36FN3O5.C2H6/c1-32(2,3)41-31(39)36-15-13-35(14-16-36)21-23-7-5-8-24(17-23)27-18-22(11-12-28(27)33)20-34-29(37)25-9-6-10-26(19-25)30(38)40-4;1-2/h5-12,17-19H,13-16,20-21H2,1-4H3,(H,34,37);1-2H3. The molecule has 1 fully saturated rings. The van der Waals surface area contributed by atoms with E-state index in [0.29, 0.717) is 30.8 Å². The van der Waals surface area contributed by atoms with Crippen molar-refractivity contribution >= 4 is 18.0 Å². The van der Waals surface area contributed by atoms with Crippen molar-refractivity contribution in [3.63, 3.8) is 0 Å². The van der Waals surface area contributed by atoms with E-state index in [2.05, 4.69) is 10.2 Å². The number of carbonyl (C=O) groups excluding carboxylic acids is 3. The smallest absolute Gasteiger partial charge is 0.410 e. The van der Waals surface area contributed by atoms with E-state index in [1.807, 2.05) is 58.9 Å². The first kappa shape index (κ1) is 33.3. The van der Waals surface area contributed by atoms with Gasteiger partial charge in [-0.3, -0.25) is 9.69 Å². The van der Waals surface area contributed by atoms with Gasteiger partial charge in [-0.2, -0.15) is 0 Å². The Morgan fingerprint density at radius 1 is 0.860 bits per heavy atom. The molecule has 9 heteroatoms. The molecular weight excluding hydrogens is 549 g/mol. The average molecular weight is 592 g/mol. The maximum atomic E-state index is 14.9. The largest absolute Gasteiger partial charge is 0.465 e. The first-order valence-electron chi connectivity index (χ1n) is 14.6. The molecule has 0 aliphatic carbocycles. The minimum atomic E-state index is -0.523. The van der Waals surface area contributed by atoms with Gasteiger partial charge in [-0.25, -0.2) is 14.0 Å². The number of hydrogen-bond acceptors (Lipinski definition) is 6. The van der Waals surface area contributed by atoms with E-state index >= 15 is 0 Å². The predicted molar refractivity (Wildman–Crippen MR) is 165 cm³/mol. The molecule has 0 unspecified atom stereocenters. The van der Waals surface area contributed by atoms with Gasteiger partial charge in [-0.15, -0.1) is 0 Å². The summed E-state index contributed by atoms with van der Waals surface area (Å²) in [6.07, 6.45) is -0.291. The number of ether oxygens (including phenoxy) is 2. The fourth-order valence-electron chi connectivity index (χ4n) is 4.60. The molecule has 43 heavy (non-hydrogen) atoms. The van der Waals surface area contributed by atoms with Crippen molar-refractivity contribution in [1.82, 2.24) is 15.1 Å². The molecule has 0 atom stereocenters. The Hall–Kier alpha value is -4.24. The molecule has 4 rings (SSSR count). The van der Waals surface area contributed by atoms with Gasteiger partial charge in [0, 0.05) is 50.4 Å². The van der Waals surface area contributed by atoms with E-state index < -0.39 is 11.6 Å². The van der Waals surface area contributed by atoms with E-state index in [9.17, 15) is 18.8 Å². The van der Waals surface area contributed by atoms with Gasteiger partial charge in [-0.1, -0.05) is 44.2 Å². The topological polar surface area (TPSA) is 88.2 Å². The number of amides is 2. The van der Waals surface area contributed by atoms with Crippen LogP contribution in [0.3, 0.4) is 0 Å². The summed E-state index contributed by atoms with van der Waals surface area (Å²) in [4.78, 5) is 40.8. The molecule has 0 bridgehead atoms. The number of halogens is 1. The summed E-state index contributed by atoms with van der Waals surface area (Å²) in [5.74, 6) is -1.22. The fraction of sp³-hybridized carbons (Fsp3) is 0.382. The lowest BCUT2D eigenvalue weighted by atomic mass is 10.00. The van der Waals surface area contributed by atoms with Crippen LogP contribution in [0.5, 0.6) is 0 Å². The van der Waals surface area contributed by atoms with Crippen molar-refractivity contribution < 1.29 is 28.2 Å². The van der Waals surface area contributed by atoms with Crippen LogP contribution in [0.2, 0.25) is 0 Å². The van der Waals surface area contributed by atoms with Crippen molar-refractivity contribution in [1.29, 1.82) is 0 Å². The van der Waals surface area contributed by atoms with E-state index in [1.165, 1.54) is 19.2 Å². The van der Waals surface area contributed by atoms with Crippen molar-refractivity contribution in [3.05, 3.63) is 94.8 Å². The Morgan fingerprint density at radius 2 is 1.53 bits per heavy atom. The third-order valence-corrected chi connectivity index (χ3v) is 6.70. The molecule has 3 aromatic carbocycles. The highest BCUT2D eigenvalue weighted by molar-refractivity contribution is 5.97. The maximum Gasteiger partial charge on any atom is 0.410 e. The van der Waals surface area contributed by atoms with E-state index in [-0.39, 0.29) is 29.9 Å². The molecule has 0 radical (unpaired) electrons. The number of hydrogen-bond donors (Lipinski definition) is 1. The lowest BCUT2D eigenvalue weighted by Crippen LogP contribution is -2.49. The van der Waals surface area contributed by atoms with Crippen LogP contribution in [0.1, 0.15) is 66.5 Å². The van der Waals surface area contributed by atoms with Crippen LogP contribution in [-0.4, -0.2) is 66.7 Å². The normalized spacial score (nSPS) is 13.4. The van der Waals surface area contributed by atoms with Gasteiger partial charge >= 0.3 is 12.1 Å². The second-order valence-corrected chi connectivity index (χ2v) is 11.0. The summed E-state index contributed by atoms with van der Waals surface area (Å²) in [7, 11) is 1.28. The SMILES string of the molecule is CC.COC(=O)c1cccc(C(=O)NCc2ccc(F)c(-c3cccc(CN4CCN(C(=O)OC(C)(C)C)CC4)c3)c2)c1. The number of nitrogens with zero attached hydrogens (tertiary/aromatic N) is 2. The molecule has 230 valence electrons. The van der Waals surface area contributed by atoms with Gasteiger partial charge in [0.25, 0.3) is 5.91 Å². The van der Waals surface area contributed by atoms with Gasteiger partial charge < -0.3 is 19.7 Å². The quantitative estimate of drug-likeness (QED) is 0.325. The number of benzene rings is 3. The van der Waals surface area contributed by atoms with Gasteiger partial charge in [0.05, 0.1) is 12.7 Å². The van der Waals surface area contributed by atoms with Crippen LogP contribution in [-0.2, 0) is 22.6 Å². The second-order valence-electron chi connectivity index (χ2n) is 11.0. The number of rotatable bonds is 7. The molecule has 1 aliphatic heterocycles. The van der Waals surface area contributed by atoms with Crippen LogP contribution in [0.25, 0.3) is 11.1 Å². The summed E-state index contributed by atoms with van der Waals surface area (Å²) in [5.41, 5.74) is 3.06. The lowest BCUT2D eigenvalue weighted by Gasteiger charge is -2.35. The van der Waals surface area contributed by atoms with Gasteiger partial charge in [0.15, 0.2) is 0 Å². The predicted octanol–water partition coefficient (Wildman–Crippen LogP) is 6.29. The summed E-state index contributed by atoms with van der Waals surface area (Å²) in [6, 6.07) is 18.8. The summed E-state index contributed by atoms with van der Waals surface area (Å²) >= 11 is 0. The summed E-state index contributed by atoms with van der Waals surface area (Å²) in [6.45, 7) is 13.1. The Bertz CT molecular complexity index is 1410. The first-order valence-corrected chi connectivity index (χ1v) is 14.6. The lowest BCUT2D eigenvalue weighted by molar-refractivity contribution is 0.0139. The van der Waals surface area contributed by atoms with Crippen molar-refractivity contribution in [2.45, 2.75) is 53.3 Å². The molecule has 2 amide bonds. The monoisotopic (exact) mass is 591 g/mol. The second kappa shape index (κ2) is 15.3. The zero-order valence-corrected chi connectivity index (χ0v) is 25.9. The molecule has 1 aliphatic rings. The zero-order valence-electron chi connectivity index (χ0n) is 25.9. The fourth-order valence-corrected chi connectivity index (χ4v) is 4.60. The van der Waals surface area contributed by atoms with Crippen LogP contribution < -0.4 is 5.32 Å². The van der Waals surface area contributed by atoms with Crippen molar-refractivity contribution in [2.24, 2.45) is 0 Å². The molecule has 3 aromatic rings. The number of carbonyl (C=O) groups is 3. The number of esters is 1. The highest BCUT2D eigenvalue weighted by Crippen LogP contribution is 2.26. The number of piperazine rings is 1. The van der Waals surface area contributed by atoms with Crippen molar-refractivity contribution in [3.8, 4) is 11.1 Å². The Labute approximate surface area is 253 Å². The highest BCUT2D eigenvalue weighted by Gasteiger charge is 2.26. The van der Waals surface area contributed by atoms with Gasteiger partial charge in [-0.05, 0) is 73.9 Å². The van der Waals surface area contributed by atoms with Crippen LogP contribution >= 0.6 is 0 Å². The van der Waals surface area contributed by atoms with E-state index in [0.717, 1.165) is 29.8 Å². The molecule has 1 N–H and O–H groups in total. The van der Waals surface area contributed by atoms with E-state index in [4.69, 9.17) is 9.47 Å². The minimum Gasteiger partial charge on any atom is -0.465 e. The maximum absolute atomic E-state index is 14.9. The van der Waals surface area contributed by atoms with Gasteiger partial charge in [0.1, 0.15) is 11.4 Å². The Balaban J connectivity index is 0.00000248. The molecule has 1 saturated heterocycles. The van der Waals surface area contributed by atoms with Crippen LogP contribution in [0.4, 0.5) is 9.18 Å². The third-order valence-electron chi connectivity index (χ3n) is 6.70. The summed E-state index contributed by atoms with van der Waals surface area (Å²) in [5, 5.41) is 2.83. The minimum absolute atomic E-state index is 0.191. The Kier molecular flexibility index (Phi) is 11.8. The number of methoxy groups -OCH3 is 1. The van der Waals surface area contributed by atoms with Gasteiger partial charge in [0.2, 0.25) is 0 Å².